The Hall–Kier alpha value is -3.12. The van der Waals surface area contributed by atoms with Crippen molar-refractivity contribution in [2.75, 3.05) is 18.4 Å². The van der Waals surface area contributed by atoms with E-state index < -0.39 is 0 Å². The average molecular weight is 465 g/mol. The smallest absolute Gasteiger partial charge is 0.246 e. The molecule has 6 nitrogen and oxygen atoms in total. The molecule has 1 fully saturated rings. The molecule has 0 unspecified atom stereocenters. The van der Waals surface area contributed by atoms with Crippen LogP contribution in [0.15, 0.2) is 54.7 Å². The van der Waals surface area contributed by atoms with Gasteiger partial charge in [0.2, 0.25) is 17.8 Å². The van der Waals surface area contributed by atoms with Gasteiger partial charge >= 0.3 is 0 Å². The van der Waals surface area contributed by atoms with Gasteiger partial charge in [-0.25, -0.2) is 4.98 Å². The van der Waals surface area contributed by atoms with E-state index in [2.05, 4.69) is 5.32 Å². The van der Waals surface area contributed by atoms with E-state index in [9.17, 15) is 9.59 Å². The normalized spacial score (nSPS) is 13.2. The number of hydrogen-bond donors (Lipinski definition) is 1. The van der Waals surface area contributed by atoms with Gasteiger partial charge in [-0.3, -0.25) is 19.5 Å². The van der Waals surface area contributed by atoms with Gasteiger partial charge in [0, 0.05) is 34.9 Å². The molecule has 7 heteroatoms. The summed E-state index contributed by atoms with van der Waals surface area (Å²) in [5.41, 5.74) is 3.64. The van der Waals surface area contributed by atoms with Crippen molar-refractivity contribution in [2.24, 2.45) is 11.8 Å². The fraction of sp³-hybridized carbons (Fsp3) is 0.346. The molecule has 172 valence electrons. The van der Waals surface area contributed by atoms with Gasteiger partial charge in [-0.15, -0.1) is 0 Å². The Kier molecular flexibility index (Phi) is 6.84. The summed E-state index contributed by atoms with van der Waals surface area (Å²) in [5.74, 6) is 0.583. The van der Waals surface area contributed by atoms with Crippen LogP contribution in [0.4, 0.5) is 5.95 Å². The van der Waals surface area contributed by atoms with Gasteiger partial charge < -0.3 is 4.90 Å². The lowest BCUT2D eigenvalue weighted by Gasteiger charge is -2.24. The second-order valence-electron chi connectivity index (χ2n) is 9.10. The predicted octanol–water partition coefficient (Wildman–Crippen LogP) is 5.33. The number of amides is 2. The molecule has 33 heavy (non-hydrogen) atoms. The summed E-state index contributed by atoms with van der Waals surface area (Å²) in [4.78, 5) is 32.1. The van der Waals surface area contributed by atoms with Crippen molar-refractivity contribution >= 4 is 29.4 Å². The molecular weight excluding hydrogens is 436 g/mol. The highest BCUT2D eigenvalue weighted by Crippen LogP contribution is 2.31. The molecule has 0 bridgehead atoms. The van der Waals surface area contributed by atoms with Gasteiger partial charge in [-0.2, -0.15) is 0 Å². The van der Waals surface area contributed by atoms with E-state index in [-0.39, 0.29) is 30.2 Å². The average Bonchev–Trinajstić information content (AvgIpc) is 3.54. The van der Waals surface area contributed by atoms with Crippen molar-refractivity contribution in [1.82, 2.24) is 14.5 Å². The van der Waals surface area contributed by atoms with Crippen molar-refractivity contribution in [2.45, 2.75) is 33.6 Å². The van der Waals surface area contributed by atoms with Crippen molar-refractivity contribution < 1.29 is 9.59 Å². The van der Waals surface area contributed by atoms with E-state index in [1.54, 1.807) is 4.90 Å². The van der Waals surface area contributed by atoms with Crippen LogP contribution in [0.25, 0.3) is 16.9 Å². The maximum absolute atomic E-state index is 13.0. The number of aromatic nitrogens is 2. The number of anilines is 1. The molecule has 1 N–H and O–H groups in total. The first-order chi connectivity index (χ1) is 15.8. The van der Waals surface area contributed by atoms with E-state index in [0.29, 0.717) is 17.5 Å². The van der Waals surface area contributed by atoms with Crippen LogP contribution < -0.4 is 5.32 Å². The molecule has 0 radical (unpaired) electrons. The summed E-state index contributed by atoms with van der Waals surface area (Å²) in [7, 11) is 0. The van der Waals surface area contributed by atoms with Crippen molar-refractivity contribution in [3.05, 3.63) is 65.3 Å². The minimum absolute atomic E-state index is 0.0184. The first-order valence-corrected chi connectivity index (χ1v) is 11.7. The Labute approximate surface area is 199 Å². The van der Waals surface area contributed by atoms with Crippen LogP contribution in [-0.2, 0) is 9.59 Å². The third kappa shape index (κ3) is 5.82. The van der Waals surface area contributed by atoms with E-state index in [4.69, 9.17) is 16.6 Å². The highest BCUT2D eigenvalue weighted by Gasteiger charge is 2.34. The maximum Gasteiger partial charge on any atom is 0.246 e. The number of nitrogens with zero attached hydrogens (tertiary/aromatic N) is 3. The summed E-state index contributed by atoms with van der Waals surface area (Å²) in [6.45, 7) is 6.70. The number of benzene rings is 2. The molecule has 1 aromatic heterocycles. The van der Waals surface area contributed by atoms with Gasteiger partial charge in [0.1, 0.15) is 0 Å². The highest BCUT2D eigenvalue weighted by molar-refractivity contribution is 6.30. The van der Waals surface area contributed by atoms with Crippen molar-refractivity contribution in [3.8, 4) is 16.9 Å². The quantitative estimate of drug-likeness (QED) is 0.489. The van der Waals surface area contributed by atoms with Gasteiger partial charge in [-0.1, -0.05) is 55.3 Å². The van der Waals surface area contributed by atoms with E-state index >= 15 is 0 Å². The molecule has 2 amide bonds. The Morgan fingerprint density at radius 3 is 2.39 bits per heavy atom. The summed E-state index contributed by atoms with van der Waals surface area (Å²) in [6.07, 6.45) is 3.72. The first kappa shape index (κ1) is 23.1. The Morgan fingerprint density at radius 2 is 1.79 bits per heavy atom. The molecule has 0 atom stereocenters. The lowest BCUT2D eigenvalue weighted by Crippen LogP contribution is -2.41. The van der Waals surface area contributed by atoms with Crippen LogP contribution in [0, 0.1) is 18.8 Å². The zero-order chi connectivity index (χ0) is 23.5. The highest BCUT2D eigenvalue weighted by atomic mass is 35.5. The molecule has 4 rings (SSSR count). The minimum atomic E-state index is -0.258. The predicted molar refractivity (Wildman–Crippen MR) is 132 cm³/mol. The lowest BCUT2D eigenvalue weighted by atomic mass is 10.2. The summed E-state index contributed by atoms with van der Waals surface area (Å²) >= 11 is 6.04. The third-order valence-corrected chi connectivity index (χ3v) is 5.82. The topological polar surface area (TPSA) is 67.2 Å². The zero-order valence-electron chi connectivity index (χ0n) is 19.2. The number of carbonyl (C=O) groups excluding carboxylic acids is 2. The molecule has 1 heterocycles. The van der Waals surface area contributed by atoms with E-state index in [1.165, 1.54) is 0 Å². The molecule has 1 aliphatic rings. The van der Waals surface area contributed by atoms with Gasteiger partial charge in [0.25, 0.3) is 0 Å². The molecule has 1 saturated carbocycles. The van der Waals surface area contributed by atoms with Crippen LogP contribution >= 0.6 is 11.6 Å². The largest absolute Gasteiger partial charge is 0.333 e. The number of carbonyl (C=O) groups is 2. The number of nitrogens with one attached hydrogen (secondary N) is 1. The van der Waals surface area contributed by atoms with Crippen LogP contribution in [0.1, 0.15) is 32.3 Å². The SMILES string of the molecule is Cc1ccc(-n2cc(-c3ccc(Cl)cc3)nc2NC(=O)CN(CC(C)C)C(=O)C2CC2)cc1. The minimum Gasteiger partial charge on any atom is -0.333 e. The summed E-state index contributed by atoms with van der Waals surface area (Å²) < 4.78 is 1.86. The molecule has 1 aliphatic carbocycles. The second kappa shape index (κ2) is 9.79. The number of halogens is 1. The molecule has 2 aromatic carbocycles. The van der Waals surface area contributed by atoms with Gasteiger partial charge in [-0.05, 0) is 49.9 Å². The van der Waals surface area contributed by atoms with Crippen molar-refractivity contribution in [3.63, 3.8) is 0 Å². The van der Waals surface area contributed by atoms with Crippen LogP contribution in [0.3, 0.4) is 0 Å². The Balaban J connectivity index is 1.60. The number of aryl methyl sites for hydroxylation is 1. The lowest BCUT2D eigenvalue weighted by molar-refractivity contribution is -0.136. The van der Waals surface area contributed by atoms with Crippen LogP contribution in [0.5, 0.6) is 0 Å². The fourth-order valence-electron chi connectivity index (χ4n) is 3.73. The number of imidazole rings is 1. The standard InChI is InChI=1S/C26H29ClN4O2/c1-17(2)14-30(25(33)20-6-7-20)16-24(32)29-26-28-23(19-8-10-21(27)11-9-19)15-31(26)22-12-4-18(3)5-13-22/h4-5,8-13,15,17,20H,6-7,14,16H2,1-3H3,(H,28,29,32). The number of hydrogen-bond acceptors (Lipinski definition) is 3. The van der Waals surface area contributed by atoms with E-state index in [0.717, 1.165) is 35.3 Å². The maximum atomic E-state index is 13.0. The molecule has 3 aromatic rings. The van der Waals surface area contributed by atoms with E-state index in [1.807, 2.05) is 80.1 Å². The van der Waals surface area contributed by atoms with Gasteiger partial charge in [0.15, 0.2) is 0 Å². The third-order valence-electron chi connectivity index (χ3n) is 5.57. The van der Waals surface area contributed by atoms with Crippen molar-refractivity contribution in [1.29, 1.82) is 0 Å². The summed E-state index contributed by atoms with van der Waals surface area (Å²) in [5, 5.41) is 3.58. The summed E-state index contributed by atoms with van der Waals surface area (Å²) in [6, 6.07) is 15.4. The number of rotatable bonds is 8. The second-order valence-corrected chi connectivity index (χ2v) is 9.53. The van der Waals surface area contributed by atoms with Crippen LogP contribution in [-0.4, -0.2) is 39.4 Å². The van der Waals surface area contributed by atoms with Crippen LogP contribution in [0.2, 0.25) is 5.02 Å². The molecule has 0 spiro atoms. The molecule has 0 saturated heterocycles. The molecular formula is C26H29ClN4O2. The molecule has 0 aliphatic heterocycles. The monoisotopic (exact) mass is 464 g/mol. The first-order valence-electron chi connectivity index (χ1n) is 11.3. The Bertz CT molecular complexity index is 1130. The fourth-order valence-corrected chi connectivity index (χ4v) is 3.86. The van der Waals surface area contributed by atoms with Gasteiger partial charge in [0.05, 0.1) is 12.2 Å². The zero-order valence-corrected chi connectivity index (χ0v) is 20.0. The Morgan fingerprint density at radius 1 is 1.12 bits per heavy atom.